The quantitative estimate of drug-likeness (QED) is 0.287. The first-order valence-electron chi connectivity index (χ1n) is 1.71. The van der Waals surface area contributed by atoms with Crippen LogP contribution in [0.4, 0.5) is 0 Å². The zero-order valence-electron chi connectivity index (χ0n) is 3.26. The monoisotopic (exact) mass is 122 g/mol. The molecule has 2 N–H and O–H groups in total. The summed E-state index contributed by atoms with van der Waals surface area (Å²) in [5.74, 6) is 6.48. The fourth-order valence-electron chi connectivity index (χ4n) is 0.269. The Morgan fingerprint density at radius 1 is 1.67 bits per heavy atom. The molecular formula is C2H6N2S2. The van der Waals surface area contributed by atoms with Crippen molar-refractivity contribution >= 4 is 21.8 Å². The van der Waals surface area contributed by atoms with Gasteiger partial charge in [-0.2, -0.15) is 4.41 Å². The van der Waals surface area contributed by atoms with Gasteiger partial charge in [0, 0.05) is 23.3 Å². The zero-order chi connectivity index (χ0) is 4.41. The highest BCUT2D eigenvalue weighted by Crippen LogP contribution is 2.28. The third kappa shape index (κ3) is 1.04. The molecule has 0 unspecified atom stereocenters. The summed E-state index contributed by atoms with van der Waals surface area (Å²) in [4.78, 5) is 0. The van der Waals surface area contributed by atoms with Crippen molar-refractivity contribution < 1.29 is 0 Å². The van der Waals surface area contributed by atoms with Crippen LogP contribution in [-0.4, -0.2) is 16.7 Å². The van der Waals surface area contributed by atoms with E-state index in [1.165, 1.54) is 5.75 Å². The molecule has 0 aromatic rings. The molecule has 1 saturated heterocycles. The van der Waals surface area contributed by atoms with Crippen molar-refractivity contribution in [2.24, 2.45) is 5.84 Å². The molecule has 0 amide bonds. The maximum absolute atomic E-state index is 5.31. The van der Waals surface area contributed by atoms with Crippen LogP contribution in [0.15, 0.2) is 0 Å². The fourth-order valence-corrected chi connectivity index (χ4v) is 2.11. The third-order valence-electron chi connectivity index (χ3n) is 0.543. The number of rotatable bonds is 0. The first kappa shape index (κ1) is 4.77. The minimum atomic E-state index is 1.02. The molecule has 0 spiro atoms. The number of hydrogen-bond donors (Lipinski definition) is 1. The minimum absolute atomic E-state index is 1.02. The van der Waals surface area contributed by atoms with E-state index in [0.717, 1.165) is 6.54 Å². The Kier molecular flexibility index (Phi) is 1.64. The molecule has 0 bridgehead atoms. The Hall–Kier alpha value is 0.620. The summed E-state index contributed by atoms with van der Waals surface area (Å²) in [6, 6.07) is 0. The molecule has 1 aliphatic rings. The van der Waals surface area contributed by atoms with E-state index in [1.807, 2.05) is 0 Å². The largest absolute Gasteiger partial charge is 0.258 e. The first-order chi connectivity index (χ1) is 2.89. The molecule has 0 aromatic heterocycles. The van der Waals surface area contributed by atoms with Gasteiger partial charge < -0.3 is 0 Å². The Balaban J connectivity index is 2.18. The van der Waals surface area contributed by atoms with Crippen LogP contribution in [0.1, 0.15) is 0 Å². The van der Waals surface area contributed by atoms with Crippen LogP contribution < -0.4 is 5.84 Å². The number of nitrogens with two attached hydrogens (primary N) is 1. The smallest absolute Gasteiger partial charge is 0.0350 e. The third-order valence-corrected chi connectivity index (χ3v) is 2.76. The Morgan fingerprint density at radius 2 is 2.50 bits per heavy atom. The molecule has 0 radical (unpaired) electrons. The second-order valence-electron chi connectivity index (χ2n) is 1.04. The van der Waals surface area contributed by atoms with Crippen LogP contribution in [0.2, 0.25) is 0 Å². The van der Waals surface area contributed by atoms with Gasteiger partial charge in [0.2, 0.25) is 0 Å². The van der Waals surface area contributed by atoms with Crippen molar-refractivity contribution in [1.29, 1.82) is 0 Å². The van der Waals surface area contributed by atoms with E-state index in [4.69, 9.17) is 5.84 Å². The average Bonchev–Trinajstić information content (AvgIpc) is 1.86. The zero-order valence-corrected chi connectivity index (χ0v) is 4.89. The van der Waals surface area contributed by atoms with Crippen LogP contribution in [0.3, 0.4) is 0 Å². The lowest BCUT2D eigenvalue weighted by Gasteiger charge is -1.97. The van der Waals surface area contributed by atoms with Crippen molar-refractivity contribution in [2.75, 3.05) is 12.3 Å². The van der Waals surface area contributed by atoms with Gasteiger partial charge in [-0.25, -0.2) is 0 Å². The van der Waals surface area contributed by atoms with Crippen LogP contribution in [0.5, 0.6) is 0 Å². The molecule has 0 aromatic carbocycles. The normalized spacial score (nSPS) is 25.5. The van der Waals surface area contributed by atoms with Gasteiger partial charge in [0.25, 0.3) is 0 Å². The van der Waals surface area contributed by atoms with E-state index in [-0.39, 0.29) is 0 Å². The SMILES string of the molecule is NN1CCSS1. The molecule has 1 aliphatic heterocycles. The van der Waals surface area contributed by atoms with Crippen molar-refractivity contribution in [2.45, 2.75) is 0 Å². The lowest BCUT2D eigenvalue weighted by Crippen LogP contribution is -2.19. The molecule has 2 nitrogen and oxygen atoms in total. The lowest BCUT2D eigenvalue weighted by molar-refractivity contribution is 0.544. The molecule has 1 rings (SSSR count). The summed E-state index contributed by atoms with van der Waals surface area (Å²) in [5.41, 5.74) is 0. The van der Waals surface area contributed by atoms with Crippen LogP contribution >= 0.6 is 21.8 Å². The van der Waals surface area contributed by atoms with E-state index in [0.29, 0.717) is 0 Å². The number of nitrogens with zero attached hydrogens (tertiary/aromatic N) is 1. The standard InChI is InChI=1S/C2H6N2S2/c3-4-1-2-5-6-4/h1-3H2. The van der Waals surface area contributed by atoms with E-state index in [1.54, 1.807) is 26.2 Å². The van der Waals surface area contributed by atoms with Gasteiger partial charge in [0.1, 0.15) is 0 Å². The van der Waals surface area contributed by atoms with Crippen molar-refractivity contribution in [3.05, 3.63) is 0 Å². The van der Waals surface area contributed by atoms with Gasteiger partial charge in [-0.3, -0.25) is 5.84 Å². The predicted molar refractivity (Wildman–Crippen MR) is 30.9 cm³/mol. The molecule has 0 saturated carbocycles. The fraction of sp³-hybridized carbons (Fsp3) is 1.00. The maximum atomic E-state index is 5.31. The maximum Gasteiger partial charge on any atom is 0.0350 e. The highest BCUT2D eigenvalue weighted by molar-refractivity contribution is 8.76. The molecule has 1 heterocycles. The van der Waals surface area contributed by atoms with Crippen molar-refractivity contribution in [3.63, 3.8) is 0 Å². The second-order valence-corrected chi connectivity index (χ2v) is 3.45. The molecule has 36 valence electrons. The van der Waals surface area contributed by atoms with Crippen LogP contribution in [0.25, 0.3) is 0 Å². The summed E-state index contributed by atoms with van der Waals surface area (Å²) < 4.78 is 1.74. The van der Waals surface area contributed by atoms with Gasteiger partial charge >= 0.3 is 0 Å². The lowest BCUT2D eigenvalue weighted by atomic mass is 10.8. The molecule has 4 heteroatoms. The van der Waals surface area contributed by atoms with E-state index in [9.17, 15) is 0 Å². The van der Waals surface area contributed by atoms with E-state index < -0.39 is 0 Å². The first-order valence-corrected chi connectivity index (χ1v) is 3.99. The molecule has 6 heavy (non-hydrogen) atoms. The van der Waals surface area contributed by atoms with Crippen LogP contribution in [-0.2, 0) is 0 Å². The summed E-state index contributed by atoms with van der Waals surface area (Å²) in [7, 11) is 3.42. The van der Waals surface area contributed by atoms with Gasteiger partial charge in [-0.15, -0.1) is 0 Å². The van der Waals surface area contributed by atoms with E-state index >= 15 is 0 Å². The summed E-state index contributed by atoms with van der Waals surface area (Å²) in [6.07, 6.45) is 0. The minimum Gasteiger partial charge on any atom is -0.258 e. The van der Waals surface area contributed by atoms with E-state index in [2.05, 4.69) is 0 Å². The molecular weight excluding hydrogens is 116 g/mol. The molecule has 1 fully saturated rings. The Bertz CT molecular complexity index is 42.8. The van der Waals surface area contributed by atoms with Crippen molar-refractivity contribution in [3.8, 4) is 0 Å². The Morgan fingerprint density at radius 3 is 2.67 bits per heavy atom. The highest BCUT2D eigenvalue weighted by Gasteiger charge is 2.06. The molecule has 0 atom stereocenters. The van der Waals surface area contributed by atoms with Gasteiger partial charge in [-0.1, -0.05) is 10.8 Å². The topological polar surface area (TPSA) is 29.3 Å². The van der Waals surface area contributed by atoms with Gasteiger partial charge in [0.15, 0.2) is 0 Å². The summed E-state index contributed by atoms with van der Waals surface area (Å²) in [5, 5.41) is 0. The van der Waals surface area contributed by atoms with Gasteiger partial charge in [-0.05, 0) is 0 Å². The average molecular weight is 122 g/mol. The van der Waals surface area contributed by atoms with Gasteiger partial charge in [0.05, 0.1) is 0 Å². The van der Waals surface area contributed by atoms with Crippen molar-refractivity contribution in [1.82, 2.24) is 4.41 Å². The summed E-state index contributed by atoms with van der Waals surface area (Å²) >= 11 is 0. The Labute approximate surface area is 44.9 Å². The number of hydrazine groups is 1. The second kappa shape index (κ2) is 2.07. The number of hydrogen-bond acceptors (Lipinski definition) is 4. The molecule has 0 aliphatic carbocycles. The summed E-state index contributed by atoms with van der Waals surface area (Å²) in [6.45, 7) is 1.02. The predicted octanol–water partition coefficient (Wildman–Crippen LogP) is 0.472. The highest BCUT2D eigenvalue weighted by atomic mass is 33.1. The van der Waals surface area contributed by atoms with Crippen LogP contribution in [0, 0.1) is 0 Å².